The predicted molar refractivity (Wildman–Crippen MR) is 88.4 cm³/mol. The fourth-order valence-corrected chi connectivity index (χ4v) is 3.42. The molecule has 0 unspecified atom stereocenters. The number of aliphatic hydroxyl groups is 1. The number of rotatable bonds is 4. The molecule has 5 nitrogen and oxygen atoms in total. The molecule has 0 fully saturated rings. The molecule has 2 N–H and O–H groups in total. The normalized spacial score (nSPS) is 19.7. The summed E-state index contributed by atoms with van der Waals surface area (Å²) in [6, 6.07) is 7.51. The van der Waals surface area contributed by atoms with Crippen LogP contribution in [0.2, 0.25) is 0 Å². The molecule has 0 spiro atoms. The fraction of sp³-hybridized carbons (Fsp3) is 0.444. The summed E-state index contributed by atoms with van der Waals surface area (Å²) >= 11 is 0. The number of aliphatic hydroxyl groups excluding tert-OH is 1. The molecule has 3 rings (SSSR count). The third-order valence-corrected chi connectivity index (χ3v) is 4.53. The SMILES string of the molecule is CCCn1nc(C)c(C(=O)N[C@@H]2c3ccccc3C[C@@H]2O)c1C. The average molecular weight is 313 g/mol. The summed E-state index contributed by atoms with van der Waals surface area (Å²) < 4.78 is 1.88. The summed E-state index contributed by atoms with van der Waals surface area (Å²) in [7, 11) is 0. The van der Waals surface area contributed by atoms with Crippen LogP contribution in [0.4, 0.5) is 0 Å². The van der Waals surface area contributed by atoms with Crippen LogP contribution in [0, 0.1) is 13.8 Å². The van der Waals surface area contributed by atoms with Crippen LogP contribution in [0.15, 0.2) is 24.3 Å². The molecular formula is C18H23N3O2. The Labute approximate surface area is 136 Å². The fourth-order valence-electron chi connectivity index (χ4n) is 3.42. The Morgan fingerprint density at radius 2 is 2.13 bits per heavy atom. The lowest BCUT2D eigenvalue weighted by atomic mass is 10.1. The van der Waals surface area contributed by atoms with Crippen LogP contribution in [-0.4, -0.2) is 26.9 Å². The van der Waals surface area contributed by atoms with Crippen LogP contribution in [0.1, 0.15) is 52.3 Å². The van der Waals surface area contributed by atoms with Crippen molar-refractivity contribution in [1.82, 2.24) is 15.1 Å². The topological polar surface area (TPSA) is 67.2 Å². The first-order valence-corrected chi connectivity index (χ1v) is 8.13. The van der Waals surface area contributed by atoms with Gasteiger partial charge in [-0.2, -0.15) is 5.10 Å². The van der Waals surface area contributed by atoms with Crippen LogP contribution in [0.25, 0.3) is 0 Å². The Balaban J connectivity index is 1.86. The van der Waals surface area contributed by atoms with Gasteiger partial charge in [-0.05, 0) is 31.4 Å². The van der Waals surface area contributed by atoms with Crippen molar-refractivity contribution >= 4 is 5.91 Å². The maximum absolute atomic E-state index is 12.7. The third-order valence-electron chi connectivity index (χ3n) is 4.53. The maximum atomic E-state index is 12.7. The number of carbonyl (C=O) groups is 1. The number of fused-ring (bicyclic) bond motifs is 1. The van der Waals surface area contributed by atoms with Crippen molar-refractivity contribution in [3.63, 3.8) is 0 Å². The van der Waals surface area contributed by atoms with Gasteiger partial charge in [0.2, 0.25) is 0 Å². The van der Waals surface area contributed by atoms with Crippen LogP contribution >= 0.6 is 0 Å². The number of hydrogen-bond acceptors (Lipinski definition) is 3. The molecule has 23 heavy (non-hydrogen) atoms. The Kier molecular flexibility index (Phi) is 4.22. The average Bonchev–Trinajstić information content (AvgIpc) is 2.97. The van der Waals surface area contributed by atoms with E-state index < -0.39 is 6.10 Å². The van der Waals surface area contributed by atoms with Gasteiger partial charge in [0.1, 0.15) is 0 Å². The number of carbonyl (C=O) groups excluding carboxylic acids is 1. The summed E-state index contributed by atoms with van der Waals surface area (Å²) in [5, 5.41) is 17.7. The molecular weight excluding hydrogens is 290 g/mol. The Hall–Kier alpha value is -2.14. The smallest absolute Gasteiger partial charge is 0.255 e. The van der Waals surface area contributed by atoms with Gasteiger partial charge in [-0.3, -0.25) is 9.48 Å². The van der Waals surface area contributed by atoms with E-state index in [0.717, 1.165) is 35.5 Å². The molecule has 0 aliphatic heterocycles. The van der Waals surface area contributed by atoms with Crippen molar-refractivity contribution in [3.05, 3.63) is 52.3 Å². The van der Waals surface area contributed by atoms with Gasteiger partial charge in [-0.15, -0.1) is 0 Å². The summed E-state index contributed by atoms with van der Waals surface area (Å²) in [5.74, 6) is -0.164. The van der Waals surface area contributed by atoms with E-state index in [-0.39, 0.29) is 11.9 Å². The number of benzene rings is 1. The van der Waals surface area contributed by atoms with E-state index in [2.05, 4.69) is 17.3 Å². The molecule has 1 aromatic heterocycles. The van der Waals surface area contributed by atoms with Crippen molar-refractivity contribution < 1.29 is 9.90 Å². The second-order valence-corrected chi connectivity index (χ2v) is 6.19. The van der Waals surface area contributed by atoms with E-state index >= 15 is 0 Å². The number of aryl methyl sites for hydroxylation is 2. The standard InChI is InChI=1S/C18H23N3O2/c1-4-9-21-12(3)16(11(2)20-21)18(23)19-17-14-8-6-5-7-13(14)10-15(17)22/h5-8,15,17,22H,4,9-10H2,1-3H3,(H,19,23)/t15-,17+/m0/s1. The molecule has 1 amide bonds. The van der Waals surface area contributed by atoms with Gasteiger partial charge in [-0.1, -0.05) is 31.2 Å². The summed E-state index contributed by atoms with van der Waals surface area (Å²) in [4.78, 5) is 12.7. The van der Waals surface area contributed by atoms with Crippen molar-refractivity contribution in [2.45, 2.75) is 52.3 Å². The molecule has 1 aliphatic carbocycles. The molecule has 5 heteroatoms. The number of amides is 1. The minimum atomic E-state index is -0.581. The molecule has 1 aliphatic rings. The van der Waals surface area contributed by atoms with E-state index in [1.807, 2.05) is 42.8 Å². The zero-order valence-electron chi connectivity index (χ0n) is 13.8. The number of aromatic nitrogens is 2. The lowest BCUT2D eigenvalue weighted by Gasteiger charge is -2.18. The van der Waals surface area contributed by atoms with Gasteiger partial charge in [0, 0.05) is 18.7 Å². The minimum absolute atomic E-state index is 0.164. The number of nitrogens with one attached hydrogen (secondary N) is 1. The molecule has 2 aromatic rings. The van der Waals surface area contributed by atoms with Crippen LogP contribution in [0.5, 0.6) is 0 Å². The highest BCUT2D eigenvalue weighted by Gasteiger charge is 2.33. The highest BCUT2D eigenvalue weighted by molar-refractivity contribution is 5.96. The molecule has 0 saturated heterocycles. The lowest BCUT2D eigenvalue weighted by Crippen LogP contribution is -2.34. The van der Waals surface area contributed by atoms with Crippen molar-refractivity contribution in [2.75, 3.05) is 0 Å². The predicted octanol–water partition coefficient (Wildman–Crippen LogP) is 2.30. The second-order valence-electron chi connectivity index (χ2n) is 6.19. The molecule has 0 bridgehead atoms. The first-order chi connectivity index (χ1) is 11.0. The van der Waals surface area contributed by atoms with Gasteiger partial charge in [-0.25, -0.2) is 0 Å². The summed E-state index contributed by atoms with van der Waals surface area (Å²) in [6.45, 7) is 6.66. The first kappa shape index (κ1) is 15.7. The molecule has 0 radical (unpaired) electrons. The highest BCUT2D eigenvalue weighted by Crippen LogP contribution is 2.31. The van der Waals surface area contributed by atoms with Crippen molar-refractivity contribution in [2.24, 2.45) is 0 Å². The Morgan fingerprint density at radius 1 is 1.39 bits per heavy atom. The lowest BCUT2D eigenvalue weighted by molar-refractivity contribution is 0.0857. The van der Waals surface area contributed by atoms with Gasteiger partial charge >= 0.3 is 0 Å². The molecule has 1 heterocycles. The third kappa shape index (κ3) is 2.77. The van der Waals surface area contributed by atoms with Gasteiger partial charge in [0.05, 0.1) is 23.4 Å². The Bertz CT molecular complexity index is 736. The zero-order valence-corrected chi connectivity index (χ0v) is 13.8. The summed E-state index contributed by atoms with van der Waals surface area (Å²) in [5.41, 5.74) is 4.33. The van der Waals surface area contributed by atoms with E-state index in [1.165, 1.54) is 0 Å². The number of hydrogen-bond donors (Lipinski definition) is 2. The second kappa shape index (κ2) is 6.16. The molecule has 0 saturated carbocycles. The maximum Gasteiger partial charge on any atom is 0.255 e. The van der Waals surface area contributed by atoms with Crippen molar-refractivity contribution in [1.29, 1.82) is 0 Å². The van der Waals surface area contributed by atoms with E-state index in [1.54, 1.807) is 0 Å². The van der Waals surface area contributed by atoms with Gasteiger partial charge < -0.3 is 10.4 Å². The van der Waals surface area contributed by atoms with Crippen LogP contribution in [0.3, 0.4) is 0 Å². The largest absolute Gasteiger partial charge is 0.390 e. The van der Waals surface area contributed by atoms with E-state index in [9.17, 15) is 9.90 Å². The zero-order chi connectivity index (χ0) is 16.6. The van der Waals surface area contributed by atoms with E-state index in [0.29, 0.717) is 12.0 Å². The number of nitrogens with zero attached hydrogens (tertiary/aromatic N) is 2. The minimum Gasteiger partial charge on any atom is -0.390 e. The highest BCUT2D eigenvalue weighted by atomic mass is 16.3. The molecule has 2 atom stereocenters. The van der Waals surface area contributed by atoms with Crippen molar-refractivity contribution in [3.8, 4) is 0 Å². The van der Waals surface area contributed by atoms with E-state index in [4.69, 9.17) is 0 Å². The Morgan fingerprint density at radius 3 is 2.87 bits per heavy atom. The molecule has 1 aromatic carbocycles. The van der Waals surface area contributed by atoms with Gasteiger partial charge in [0.15, 0.2) is 0 Å². The summed E-state index contributed by atoms with van der Waals surface area (Å²) in [6.07, 6.45) is 0.967. The first-order valence-electron chi connectivity index (χ1n) is 8.13. The van der Waals surface area contributed by atoms with Crippen LogP contribution in [-0.2, 0) is 13.0 Å². The van der Waals surface area contributed by atoms with Crippen LogP contribution < -0.4 is 5.32 Å². The monoisotopic (exact) mass is 313 g/mol. The molecule has 122 valence electrons. The quantitative estimate of drug-likeness (QED) is 0.910. The van der Waals surface area contributed by atoms with Gasteiger partial charge in [0.25, 0.3) is 5.91 Å².